The second kappa shape index (κ2) is 7.69. The first-order valence-corrected chi connectivity index (χ1v) is 6.61. The molecular weight excluding hydrogens is 272 g/mol. The first kappa shape index (κ1) is 17.0. The summed E-state index contributed by atoms with van der Waals surface area (Å²) in [5.74, 6) is 0.623. The van der Waals surface area contributed by atoms with Crippen LogP contribution >= 0.6 is 0 Å². The van der Waals surface area contributed by atoms with Gasteiger partial charge in [0, 0.05) is 17.6 Å². The molecule has 0 unspecified atom stereocenters. The molecule has 0 aliphatic heterocycles. The van der Waals surface area contributed by atoms with Crippen LogP contribution in [0.5, 0.6) is 11.5 Å². The normalized spacial score (nSPS) is 13.8. The van der Waals surface area contributed by atoms with E-state index in [1.54, 1.807) is 14.2 Å². The van der Waals surface area contributed by atoms with Crippen LogP contribution in [-0.4, -0.2) is 38.5 Å². The van der Waals surface area contributed by atoms with Crippen molar-refractivity contribution in [1.29, 1.82) is 0 Å². The Morgan fingerprint density at radius 3 is 2.33 bits per heavy atom. The zero-order chi connectivity index (χ0) is 16.0. The van der Waals surface area contributed by atoms with Gasteiger partial charge in [-0.2, -0.15) is 0 Å². The zero-order valence-corrected chi connectivity index (χ0v) is 13.0. The maximum absolute atomic E-state index is 11.1. The molecule has 116 valence electrons. The molecule has 21 heavy (non-hydrogen) atoms. The molecule has 0 aliphatic carbocycles. The van der Waals surface area contributed by atoms with Crippen molar-refractivity contribution >= 4 is 5.97 Å². The van der Waals surface area contributed by atoms with E-state index in [2.05, 4.69) is 4.74 Å². The Balaban J connectivity index is 3.07. The van der Waals surface area contributed by atoms with Crippen molar-refractivity contribution in [2.75, 3.05) is 21.3 Å². The number of ether oxygens (including phenoxy) is 3. The molecular formula is C16H22O5. The number of methoxy groups -OCH3 is 3. The van der Waals surface area contributed by atoms with Crippen molar-refractivity contribution in [2.45, 2.75) is 25.9 Å². The number of esters is 1. The second-order valence-electron chi connectivity index (χ2n) is 4.73. The van der Waals surface area contributed by atoms with Gasteiger partial charge in [-0.05, 0) is 30.7 Å². The molecule has 0 amide bonds. The highest BCUT2D eigenvalue weighted by atomic mass is 16.5. The predicted molar refractivity (Wildman–Crippen MR) is 79.9 cm³/mol. The smallest absolute Gasteiger partial charge is 0.330 e. The minimum absolute atomic E-state index is 0.268. The fourth-order valence-corrected chi connectivity index (χ4v) is 2.03. The van der Waals surface area contributed by atoms with Crippen LogP contribution in [0.1, 0.15) is 24.0 Å². The molecule has 1 aromatic rings. The van der Waals surface area contributed by atoms with E-state index in [0.29, 0.717) is 5.75 Å². The summed E-state index contributed by atoms with van der Waals surface area (Å²) in [7, 11) is 4.46. The van der Waals surface area contributed by atoms with Gasteiger partial charge < -0.3 is 19.3 Å². The topological polar surface area (TPSA) is 65.0 Å². The lowest BCUT2D eigenvalue weighted by atomic mass is 9.93. The molecule has 0 aromatic heterocycles. The number of aryl methyl sites for hydroxylation is 1. The summed E-state index contributed by atoms with van der Waals surface area (Å²) >= 11 is 0. The number of aliphatic hydroxyl groups excluding tert-OH is 1. The highest BCUT2D eigenvalue weighted by molar-refractivity contribution is 5.81. The van der Waals surface area contributed by atoms with Crippen molar-refractivity contribution in [1.82, 2.24) is 0 Å². The summed E-state index contributed by atoms with van der Waals surface area (Å²) < 4.78 is 15.2. The molecule has 5 nitrogen and oxygen atoms in total. The maximum Gasteiger partial charge on any atom is 0.330 e. The average Bonchev–Trinajstić information content (AvgIpc) is 2.50. The van der Waals surface area contributed by atoms with E-state index in [-0.39, 0.29) is 5.92 Å². The molecule has 2 atom stereocenters. The largest absolute Gasteiger partial charge is 0.496 e. The van der Waals surface area contributed by atoms with Gasteiger partial charge in [-0.3, -0.25) is 0 Å². The van der Waals surface area contributed by atoms with E-state index in [1.807, 2.05) is 26.0 Å². The number of benzene rings is 1. The zero-order valence-electron chi connectivity index (χ0n) is 13.0. The molecule has 0 fully saturated rings. The molecule has 0 aliphatic rings. The van der Waals surface area contributed by atoms with Crippen LogP contribution in [0.3, 0.4) is 0 Å². The summed E-state index contributed by atoms with van der Waals surface area (Å²) in [6.45, 7) is 3.77. The number of hydrogen-bond donors (Lipinski definition) is 1. The van der Waals surface area contributed by atoms with Crippen molar-refractivity contribution < 1.29 is 24.1 Å². The van der Waals surface area contributed by atoms with Crippen molar-refractivity contribution in [2.24, 2.45) is 0 Å². The monoisotopic (exact) mass is 294 g/mol. The van der Waals surface area contributed by atoms with E-state index < -0.39 is 12.1 Å². The van der Waals surface area contributed by atoms with Gasteiger partial charge in [0.15, 0.2) is 0 Å². The van der Waals surface area contributed by atoms with Crippen molar-refractivity contribution in [3.05, 3.63) is 35.4 Å². The fourth-order valence-electron chi connectivity index (χ4n) is 2.03. The molecule has 1 N–H and O–H groups in total. The van der Waals surface area contributed by atoms with Crippen LogP contribution < -0.4 is 9.47 Å². The van der Waals surface area contributed by atoms with E-state index in [1.165, 1.54) is 19.3 Å². The predicted octanol–water partition coefficient (Wildman–Crippen LogP) is 2.21. The van der Waals surface area contributed by atoms with Gasteiger partial charge in [-0.1, -0.05) is 6.92 Å². The van der Waals surface area contributed by atoms with Gasteiger partial charge in [0.05, 0.1) is 27.4 Å². The maximum atomic E-state index is 11.1. The quantitative estimate of drug-likeness (QED) is 0.643. The van der Waals surface area contributed by atoms with Crippen LogP contribution in [0.15, 0.2) is 24.3 Å². The fraction of sp³-hybridized carbons (Fsp3) is 0.438. The summed E-state index contributed by atoms with van der Waals surface area (Å²) in [6.07, 6.45) is 1.77. The summed E-state index contributed by atoms with van der Waals surface area (Å²) in [5.41, 5.74) is 1.76. The van der Waals surface area contributed by atoms with Crippen LogP contribution in [-0.2, 0) is 9.53 Å². The summed E-state index contributed by atoms with van der Waals surface area (Å²) in [4.78, 5) is 11.1. The Labute approximate surface area is 125 Å². The number of carbonyl (C=O) groups is 1. The number of rotatable bonds is 6. The third kappa shape index (κ3) is 4.23. The van der Waals surface area contributed by atoms with Gasteiger partial charge in [0.25, 0.3) is 0 Å². The van der Waals surface area contributed by atoms with Crippen LogP contribution in [0.4, 0.5) is 0 Å². The number of aliphatic hydroxyl groups is 1. The van der Waals surface area contributed by atoms with Gasteiger partial charge in [-0.25, -0.2) is 4.79 Å². The molecule has 0 bridgehead atoms. The lowest BCUT2D eigenvalue weighted by Gasteiger charge is -2.20. The van der Waals surface area contributed by atoms with E-state index in [9.17, 15) is 9.90 Å². The van der Waals surface area contributed by atoms with E-state index in [4.69, 9.17) is 9.47 Å². The summed E-state index contributed by atoms with van der Waals surface area (Å²) in [6, 6.07) is 3.70. The molecule has 0 heterocycles. The highest BCUT2D eigenvalue weighted by Crippen LogP contribution is 2.35. The minimum Gasteiger partial charge on any atom is -0.496 e. The molecule has 0 saturated heterocycles. The van der Waals surface area contributed by atoms with Crippen LogP contribution in [0, 0.1) is 6.92 Å². The van der Waals surface area contributed by atoms with Crippen LogP contribution in [0.2, 0.25) is 0 Å². The Hall–Kier alpha value is -2.01. The van der Waals surface area contributed by atoms with Crippen LogP contribution in [0.25, 0.3) is 0 Å². The summed E-state index contributed by atoms with van der Waals surface area (Å²) in [5, 5.41) is 10.2. The Morgan fingerprint density at radius 2 is 1.81 bits per heavy atom. The second-order valence-corrected chi connectivity index (χ2v) is 4.73. The van der Waals surface area contributed by atoms with Gasteiger partial charge in [0.2, 0.25) is 0 Å². The molecule has 0 radical (unpaired) electrons. The molecule has 1 aromatic carbocycles. The lowest BCUT2D eigenvalue weighted by Crippen LogP contribution is -2.15. The van der Waals surface area contributed by atoms with E-state index in [0.717, 1.165) is 16.9 Å². The van der Waals surface area contributed by atoms with Crippen molar-refractivity contribution in [3.8, 4) is 11.5 Å². The first-order chi connectivity index (χ1) is 9.94. The first-order valence-electron chi connectivity index (χ1n) is 6.61. The molecule has 5 heteroatoms. The Kier molecular flexibility index (Phi) is 6.24. The van der Waals surface area contributed by atoms with Gasteiger partial charge in [-0.15, -0.1) is 0 Å². The SMILES string of the molecule is COC(=O)/C=C/[C@H](O)[C@@H](C)c1cc(OC)c(C)cc1OC. The minimum atomic E-state index is -0.842. The molecule has 1 rings (SSSR count). The third-order valence-electron chi connectivity index (χ3n) is 3.38. The molecule has 0 spiro atoms. The Morgan fingerprint density at radius 1 is 1.19 bits per heavy atom. The van der Waals surface area contributed by atoms with Gasteiger partial charge >= 0.3 is 5.97 Å². The molecule has 0 saturated carbocycles. The number of carbonyl (C=O) groups excluding carboxylic acids is 1. The van der Waals surface area contributed by atoms with Gasteiger partial charge in [0.1, 0.15) is 11.5 Å². The average molecular weight is 294 g/mol. The lowest BCUT2D eigenvalue weighted by molar-refractivity contribution is -0.134. The van der Waals surface area contributed by atoms with E-state index >= 15 is 0 Å². The standard InChI is InChI=1S/C16H22O5/c1-10-8-15(20-4)12(9-14(10)19-3)11(2)13(17)6-7-16(18)21-5/h6-9,11,13,17H,1-5H3/b7-6+/t11-,13-/m0/s1. The third-order valence-corrected chi connectivity index (χ3v) is 3.38. The highest BCUT2D eigenvalue weighted by Gasteiger charge is 2.20. The number of hydrogen-bond acceptors (Lipinski definition) is 5. The van der Waals surface area contributed by atoms with Crippen molar-refractivity contribution in [3.63, 3.8) is 0 Å². The Bertz CT molecular complexity index is 522.